The SMILES string of the molecule is C.Cc1ccc(O)s1. The second-order valence-corrected chi connectivity index (χ2v) is 2.65. The Kier molecular flexibility index (Phi) is 2.55. The van der Waals surface area contributed by atoms with Crippen LogP contribution in [-0.4, -0.2) is 5.11 Å². The molecule has 0 aliphatic heterocycles. The van der Waals surface area contributed by atoms with Crippen molar-refractivity contribution in [1.82, 2.24) is 0 Å². The van der Waals surface area contributed by atoms with Crippen molar-refractivity contribution in [2.45, 2.75) is 14.4 Å². The molecule has 0 unspecified atom stereocenters. The number of aromatic hydroxyl groups is 1. The van der Waals surface area contributed by atoms with Crippen LogP contribution in [0.4, 0.5) is 0 Å². The summed E-state index contributed by atoms with van der Waals surface area (Å²) in [7, 11) is 0. The maximum Gasteiger partial charge on any atom is 0.171 e. The van der Waals surface area contributed by atoms with Crippen molar-refractivity contribution < 1.29 is 5.11 Å². The lowest BCUT2D eigenvalue weighted by atomic mass is 10.5. The minimum absolute atomic E-state index is 0. The molecule has 0 bridgehead atoms. The molecule has 0 saturated heterocycles. The van der Waals surface area contributed by atoms with E-state index < -0.39 is 0 Å². The molecule has 0 spiro atoms. The molecule has 0 saturated carbocycles. The van der Waals surface area contributed by atoms with Crippen LogP contribution in [0.5, 0.6) is 5.06 Å². The summed E-state index contributed by atoms with van der Waals surface area (Å²) in [6.07, 6.45) is 0. The van der Waals surface area contributed by atoms with E-state index in [2.05, 4.69) is 0 Å². The van der Waals surface area contributed by atoms with Gasteiger partial charge in [-0.1, -0.05) is 7.43 Å². The highest BCUT2D eigenvalue weighted by molar-refractivity contribution is 7.13. The molecule has 1 nitrogen and oxygen atoms in total. The van der Waals surface area contributed by atoms with Crippen molar-refractivity contribution in [1.29, 1.82) is 0 Å². The molecule has 0 atom stereocenters. The average molecular weight is 130 g/mol. The lowest BCUT2D eigenvalue weighted by Crippen LogP contribution is -1.43. The topological polar surface area (TPSA) is 20.2 Å². The zero-order valence-corrected chi connectivity index (χ0v) is 4.83. The van der Waals surface area contributed by atoms with Crippen LogP contribution in [0.2, 0.25) is 0 Å². The number of rotatable bonds is 0. The standard InChI is InChI=1S/C5H6OS.CH4/c1-4-2-3-5(6)7-4;/h2-3,6H,1H3;1H4. The fourth-order valence-electron chi connectivity index (χ4n) is 0.422. The highest BCUT2D eigenvalue weighted by Gasteiger charge is 1.87. The Bertz CT molecular complexity index is 141. The molecule has 46 valence electrons. The Morgan fingerprint density at radius 1 is 1.50 bits per heavy atom. The minimum Gasteiger partial charge on any atom is -0.499 e. The molecule has 8 heavy (non-hydrogen) atoms. The fraction of sp³-hybridized carbons (Fsp3) is 0.333. The van der Waals surface area contributed by atoms with Gasteiger partial charge < -0.3 is 5.11 Å². The molecular weight excluding hydrogens is 120 g/mol. The van der Waals surface area contributed by atoms with E-state index in [1.54, 1.807) is 6.07 Å². The monoisotopic (exact) mass is 130 g/mol. The van der Waals surface area contributed by atoms with Gasteiger partial charge in [-0.25, -0.2) is 0 Å². The van der Waals surface area contributed by atoms with Crippen molar-refractivity contribution in [3.8, 4) is 5.06 Å². The molecule has 0 fully saturated rings. The molecule has 0 radical (unpaired) electrons. The smallest absolute Gasteiger partial charge is 0.171 e. The molecule has 0 amide bonds. The number of thiophene rings is 1. The van der Waals surface area contributed by atoms with Gasteiger partial charge in [0, 0.05) is 4.88 Å². The lowest BCUT2D eigenvalue weighted by Gasteiger charge is -1.71. The Labute approximate surface area is 53.6 Å². The molecule has 1 heterocycles. The van der Waals surface area contributed by atoms with Crippen LogP contribution in [0.3, 0.4) is 0 Å². The number of aryl methyl sites for hydroxylation is 1. The average Bonchev–Trinajstić information content (AvgIpc) is 1.87. The normalized spacial score (nSPS) is 8.12. The van der Waals surface area contributed by atoms with Gasteiger partial charge in [0.1, 0.15) is 0 Å². The first kappa shape index (κ1) is 7.50. The van der Waals surface area contributed by atoms with Crippen LogP contribution in [0.15, 0.2) is 12.1 Å². The quantitative estimate of drug-likeness (QED) is 0.571. The Hall–Kier alpha value is -0.500. The summed E-state index contributed by atoms with van der Waals surface area (Å²) < 4.78 is 0. The second kappa shape index (κ2) is 2.72. The van der Waals surface area contributed by atoms with E-state index in [0.717, 1.165) is 4.88 Å². The molecular formula is C6H10OS. The van der Waals surface area contributed by atoms with Crippen LogP contribution in [0, 0.1) is 6.92 Å². The maximum atomic E-state index is 8.67. The molecule has 1 aromatic rings. The summed E-state index contributed by atoms with van der Waals surface area (Å²) >= 11 is 1.40. The van der Waals surface area contributed by atoms with E-state index in [-0.39, 0.29) is 7.43 Å². The molecule has 0 aliphatic carbocycles. The number of hydrogen-bond acceptors (Lipinski definition) is 2. The minimum atomic E-state index is 0. The first-order valence-corrected chi connectivity index (χ1v) is 2.86. The molecule has 0 aliphatic rings. The van der Waals surface area contributed by atoms with Gasteiger partial charge in [0.25, 0.3) is 0 Å². The van der Waals surface area contributed by atoms with Gasteiger partial charge in [-0.3, -0.25) is 0 Å². The third-order valence-corrected chi connectivity index (χ3v) is 1.53. The molecule has 1 rings (SSSR count). The third kappa shape index (κ3) is 1.54. The second-order valence-electron chi connectivity index (χ2n) is 1.38. The summed E-state index contributed by atoms with van der Waals surface area (Å²) in [5.74, 6) is 0. The summed E-state index contributed by atoms with van der Waals surface area (Å²) in [6.45, 7) is 1.96. The number of hydrogen-bond donors (Lipinski definition) is 1. The predicted molar refractivity (Wildman–Crippen MR) is 37.5 cm³/mol. The van der Waals surface area contributed by atoms with Gasteiger partial charge in [-0.05, 0) is 19.1 Å². The van der Waals surface area contributed by atoms with Crippen molar-refractivity contribution >= 4 is 11.3 Å². The van der Waals surface area contributed by atoms with E-state index >= 15 is 0 Å². The van der Waals surface area contributed by atoms with Crippen LogP contribution in [0.25, 0.3) is 0 Å². The van der Waals surface area contributed by atoms with Crippen molar-refractivity contribution in [2.75, 3.05) is 0 Å². The lowest BCUT2D eigenvalue weighted by molar-refractivity contribution is 0.491. The summed E-state index contributed by atoms with van der Waals surface area (Å²) in [4.78, 5) is 1.15. The Morgan fingerprint density at radius 2 is 2.12 bits per heavy atom. The summed E-state index contributed by atoms with van der Waals surface area (Å²) in [5, 5.41) is 9.07. The highest BCUT2D eigenvalue weighted by Crippen LogP contribution is 2.20. The molecule has 1 N–H and O–H groups in total. The van der Waals surface area contributed by atoms with E-state index in [1.165, 1.54) is 11.3 Å². The fourth-order valence-corrected chi connectivity index (χ4v) is 1.02. The van der Waals surface area contributed by atoms with Gasteiger partial charge in [-0.15, -0.1) is 11.3 Å². The first-order valence-electron chi connectivity index (χ1n) is 2.04. The van der Waals surface area contributed by atoms with Crippen LogP contribution in [0.1, 0.15) is 12.3 Å². The molecule has 1 aromatic heterocycles. The third-order valence-electron chi connectivity index (χ3n) is 0.726. The van der Waals surface area contributed by atoms with Crippen LogP contribution in [-0.2, 0) is 0 Å². The van der Waals surface area contributed by atoms with Gasteiger partial charge in [0.05, 0.1) is 0 Å². The molecule has 2 heteroatoms. The summed E-state index contributed by atoms with van der Waals surface area (Å²) in [6, 6.07) is 3.58. The van der Waals surface area contributed by atoms with Crippen molar-refractivity contribution in [3.05, 3.63) is 17.0 Å². The van der Waals surface area contributed by atoms with Crippen LogP contribution >= 0.6 is 11.3 Å². The van der Waals surface area contributed by atoms with E-state index in [1.807, 2.05) is 13.0 Å². The van der Waals surface area contributed by atoms with Gasteiger partial charge in [-0.2, -0.15) is 0 Å². The molecule has 0 aromatic carbocycles. The first-order chi connectivity index (χ1) is 3.29. The zero-order valence-electron chi connectivity index (χ0n) is 4.01. The largest absolute Gasteiger partial charge is 0.499 e. The van der Waals surface area contributed by atoms with E-state index in [4.69, 9.17) is 5.11 Å². The maximum absolute atomic E-state index is 8.67. The van der Waals surface area contributed by atoms with E-state index in [9.17, 15) is 0 Å². The Balaban J connectivity index is 0.000000490. The summed E-state index contributed by atoms with van der Waals surface area (Å²) in [5.41, 5.74) is 0. The van der Waals surface area contributed by atoms with Gasteiger partial charge in [0.15, 0.2) is 5.06 Å². The van der Waals surface area contributed by atoms with Gasteiger partial charge >= 0.3 is 0 Å². The highest BCUT2D eigenvalue weighted by atomic mass is 32.1. The zero-order chi connectivity index (χ0) is 5.28. The Morgan fingerprint density at radius 3 is 2.25 bits per heavy atom. The van der Waals surface area contributed by atoms with E-state index in [0.29, 0.717) is 5.06 Å². The predicted octanol–water partition coefficient (Wildman–Crippen LogP) is 2.40. The van der Waals surface area contributed by atoms with Crippen molar-refractivity contribution in [2.24, 2.45) is 0 Å². The van der Waals surface area contributed by atoms with Gasteiger partial charge in [0.2, 0.25) is 0 Å². The van der Waals surface area contributed by atoms with Crippen LogP contribution < -0.4 is 0 Å². The van der Waals surface area contributed by atoms with Crippen molar-refractivity contribution in [3.63, 3.8) is 0 Å².